The van der Waals surface area contributed by atoms with E-state index in [9.17, 15) is 9.90 Å². The second-order valence-corrected chi connectivity index (χ2v) is 5.23. The van der Waals surface area contributed by atoms with Crippen LogP contribution in [0.5, 0.6) is 5.75 Å². The first-order valence-corrected chi connectivity index (χ1v) is 7.31. The van der Waals surface area contributed by atoms with Crippen molar-refractivity contribution in [3.05, 3.63) is 42.0 Å². The molecule has 112 valence electrons. The van der Waals surface area contributed by atoms with Crippen LogP contribution in [-0.4, -0.2) is 36.2 Å². The number of rotatable bonds is 5. The molecule has 21 heavy (non-hydrogen) atoms. The molecule has 0 radical (unpaired) electrons. The van der Waals surface area contributed by atoms with Gasteiger partial charge >= 0.3 is 6.03 Å². The molecule has 2 N–H and O–H groups in total. The van der Waals surface area contributed by atoms with Gasteiger partial charge in [-0.3, -0.25) is 0 Å². The van der Waals surface area contributed by atoms with Crippen LogP contribution in [-0.2, 0) is 6.42 Å². The number of nitrogens with one attached hydrogen (secondary N) is 1. The van der Waals surface area contributed by atoms with E-state index < -0.39 is 0 Å². The monoisotopic (exact) mass is 286 g/mol. The second kappa shape index (κ2) is 6.97. The number of likely N-dealkylation sites (N-methyl/N-ethyl adjacent to an activating group) is 1. The first-order valence-electron chi connectivity index (χ1n) is 7.31. The van der Waals surface area contributed by atoms with Gasteiger partial charge in [0.1, 0.15) is 5.75 Å². The van der Waals surface area contributed by atoms with Crippen molar-refractivity contribution in [2.24, 2.45) is 0 Å². The lowest BCUT2D eigenvalue weighted by Crippen LogP contribution is -2.38. The van der Waals surface area contributed by atoms with Crippen molar-refractivity contribution < 1.29 is 9.90 Å². The summed E-state index contributed by atoms with van der Waals surface area (Å²) in [6.45, 7) is 3.37. The van der Waals surface area contributed by atoms with Crippen LogP contribution in [0, 0.1) is 0 Å². The van der Waals surface area contributed by atoms with Gasteiger partial charge in [-0.2, -0.15) is 0 Å². The number of nitrogens with zero attached hydrogens (tertiary/aromatic N) is 1. The number of phenolic OH excluding ortho intramolecular Hbond substituents is 1. The van der Waals surface area contributed by atoms with Crippen LogP contribution in [0.2, 0.25) is 0 Å². The van der Waals surface area contributed by atoms with E-state index in [0.717, 1.165) is 29.2 Å². The van der Waals surface area contributed by atoms with Crippen molar-refractivity contribution in [1.29, 1.82) is 0 Å². The van der Waals surface area contributed by atoms with Crippen molar-refractivity contribution in [2.75, 3.05) is 20.1 Å². The van der Waals surface area contributed by atoms with Crippen molar-refractivity contribution in [1.82, 2.24) is 10.2 Å². The number of aromatic hydroxyl groups is 1. The first-order chi connectivity index (χ1) is 10.1. The fourth-order valence-electron chi connectivity index (χ4n) is 2.30. The minimum atomic E-state index is -0.0417. The Labute approximate surface area is 125 Å². The number of hydrogen-bond acceptors (Lipinski definition) is 2. The van der Waals surface area contributed by atoms with E-state index in [1.54, 1.807) is 24.1 Å². The van der Waals surface area contributed by atoms with E-state index in [1.807, 2.05) is 31.2 Å². The van der Waals surface area contributed by atoms with Gasteiger partial charge in [0.05, 0.1) is 0 Å². The Kier molecular flexibility index (Phi) is 5.04. The molecule has 0 atom stereocenters. The molecule has 0 saturated carbocycles. The third-order valence-corrected chi connectivity index (χ3v) is 3.55. The van der Waals surface area contributed by atoms with Gasteiger partial charge in [0.15, 0.2) is 0 Å². The fourth-order valence-corrected chi connectivity index (χ4v) is 2.30. The van der Waals surface area contributed by atoms with Gasteiger partial charge in [-0.15, -0.1) is 0 Å². The maximum Gasteiger partial charge on any atom is 0.317 e. The van der Waals surface area contributed by atoms with E-state index in [4.69, 9.17) is 0 Å². The molecule has 0 unspecified atom stereocenters. The smallest absolute Gasteiger partial charge is 0.317 e. The molecule has 4 heteroatoms. The maximum absolute atomic E-state index is 11.8. The molecule has 0 saturated heterocycles. The number of fused-ring (bicyclic) bond motifs is 1. The number of carbonyl (C=O) groups is 1. The largest absolute Gasteiger partial charge is 0.508 e. The van der Waals surface area contributed by atoms with Crippen LogP contribution in [0.3, 0.4) is 0 Å². The van der Waals surface area contributed by atoms with Crippen LogP contribution in [0.25, 0.3) is 10.8 Å². The summed E-state index contributed by atoms with van der Waals surface area (Å²) in [5.41, 5.74) is 1.14. The Morgan fingerprint density at radius 3 is 2.86 bits per heavy atom. The van der Waals surface area contributed by atoms with Gasteiger partial charge in [-0.05, 0) is 41.3 Å². The van der Waals surface area contributed by atoms with Crippen molar-refractivity contribution in [3.8, 4) is 5.75 Å². The number of phenols is 1. The predicted molar refractivity (Wildman–Crippen MR) is 85.6 cm³/mol. The van der Waals surface area contributed by atoms with Crippen LogP contribution in [0.1, 0.15) is 18.9 Å². The van der Waals surface area contributed by atoms with Crippen LogP contribution >= 0.6 is 0 Å². The molecular weight excluding hydrogens is 264 g/mol. The number of amides is 2. The molecule has 2 amide bonds. The van der Waals surface area contributed by atoms with E-state index in [-0.39, 0.29) is 11.8 Å². The number of urea groups is 1. The third-order valence-electron chi connectivity index (χ3n) is 3.55. The molecular formula is C17H22N2O2. The van der Waals surface area contributed by atoms with Crippen LogP contribution < -0.4 is 5.32 Å². The van der Waals surface area contributed by atoms with Gasteiger partial charge in [0.2, 0.25) is 0 Å². The molecule has 4 nitrogen and oxygen atoms in total. The van der Waals surface area contributed by atoms with E-state index in [2.05, 4.69) is 5.32 Å². The lowest BCUT2D eigenvalue weighted by molar-refractivity contribution is 0.209. The Morgan fingerprint density at radius 1 is 1.29 bits per heavy atom. The highest BCUT2D eigenvalue weighted by atomic mass is 16.3. The molecule has 2 aromatic carbocycles. The summed E-state index contributed by atoms with van der Waals surface area (Å²) in [5.74, 6) is 0.268. The van der Waals surface area contributed by atoms with E-state index in [0.29, 0.717) is 13.1 Å². The number of carbonyl (C=O) groups excluding carboxylic acids is 1. The van der Waals surface area contributed by atoms with Crippen LogP contribution in [0.4, 0.5) is 4.79 Å². The Hall–Kier alpha value is -2.23. The molecule has 2 aromatic rings. The fraction of sp³-hybridized carbons (Fsp3) is 0.353. The molecule has 0 aliphatic carbocycles. The zero-order valence-electron chi connectivity index (χ0n) is 12.6. The lowest BCUT2D eigenvalue weighted by Gasteiger charge is -2.18. The van der Waals surface area contributed by atoms with Crippen LogP contribution in [0.15, 0.2) is 36.4 Å². The Morgan fingerprint density at radius 2 is 2.10 bits per heavy atom. The molecule has 0 aliphatic rings. The highest BCUT2D eigenvalue weighted by molar-refractivity contribution is 5.87. The van der Waals surface area contributed by atoms with Gasteiger partial charge < -0.3 is 15.3 Å². The van der Waals surface area contributed by atoms with Crippen molar-refractivity contribution >= 4 is 16.8 Å². The molecule has 2 rings (SSSR count). The molecule has 0 aromatic heterocycles. The maximum atomic E-state index is 11.8. The van der Waals surface area contributed by atoms with Crippen molar-refractivity contribution in [3.63, 3.8) is 0 Å². The van der Waals surface area contributed by atoms with Gasteiger partial charge in [-0.25, -0.2) is 4.79 Å². The average Bonchev–Trinajstić information content (AvgIpc) is 2.50. The topological polar surface area (TPSA) is 52.6 Å². The zero-order chi connectivity index (χ0) is 15.2. The van der Waals surface area contributed by atoms with E-state index >= 15 is 0 Å². The Balaban J connectivity index is 2.06. The summed E-state index contributed by atoms with van der Waals surface area (Å²) >= 11 is 0. The van der Waals surface area contributed by atoms with E-state index in [1.165, 1.54) is 0 Å². The predicted octanol–water partition coefficient (Wildman–Crippen LogP) is 3.14. The Bertz CT molecular complexity index is 625. The third kappa shape index (κ3) is 3.88. The molecule has 0 aliphatic heterocycles. The summed E-state index contributed by atoms with van der Waals surface area (Å²) < 4.78 is 0. The van der Waals surface area contributed by atoms with Gasteiger partial charge in [0.25, 0.3) is 0 Å². The van der Waals surface area contributed by atoms with Crippen molar-refractivity contribution in [2.45, 2.75) is 19.8 Å². The first kappa shape index (κ1) is 15.2. The zero-order valence-corrected chi connectivity index (χ0v) is 12.6. The summed E-state index contributed by atoms with van der Waals surface area (Å²) in [6.07, 6.45) is 1.69. The molecule has 0 spiro atoms. The van der Waals surface area contributed by atoms with Gasteiger partial charge in [-0.1, -0.05) is 31.2 Å². The summed E-state index contributed by atoms with van der Waals surface area (Å²) in [6, 6.07) is 11.4. The normalized spacial score (nSPS) is 10.6. The highest BCUT2D eigenvalue weighted by Gasteiger charge is 2.08. The number of hydrogen-bond donors (Lipinski definition) is 2. The lowest BCUT2D eigenvalue weighted by atomic mass is 10.0. The molecule has 0 heterocycles. The summed E-state index contributed by atoms with van der Waals surface area (Å²) in [7, 11) is 1.80. The second-order valence-electron chi connectivity index (χ2n) is 5.23. The molecule has 0 bridgehead atoms. The summed E-state index contributed by atoms with van der Waals surface area (Å²) in [4.78, 5) is 13.5. The summed E-state index contributed by atoms with van der Waals surface area (Å²) in [5, 5.41) is 14.6. The standard InChI is InChI=1S/C17H22N2O2/c1-3-10-18-17(21)19(2)11-9-14-6-4-5-13-7-8-15(20)12-16(13)14/h4-8,12,20H,3,9-11H2,1-2H3,(H,18,21). The molecule has 0 fully saturated rings. The number of benzene rings is 2. The minimum Gasteiger partial charge on any atom is -0.508 e. The highest BCUT2D eigenvalue weighted by Crippen LogP contribution is 2.23. The average molecular weight is 286 g/mol. The SMILES string of the molecule is CCCNC(=O)N(C)CCc1cccc2ccc(O)cc12. The van der Waals surface area contributed by atoms with Gasteiger partial charge in [0, 0.05) is 20.1 Å². The quantitative estimate of drug-likeness (QED) is 0.887. The minimum absolute atomic E-state index is 0.0417.